The minimum atomic E-state index is -0.360. The van der Waals surface area contributed by atoms with Gasteiger partial charge < -0.3 is 10.2 Å². The summed E-state index contributed by atoms with van der Waals surface area (Å²) in [6, 6.07) is 11.1. The van der Waals surface area contributed by atoms with Gasteiger partial charge in [-0.2, -0.15) is 0 Å². The average Bonchev–Trinajstić information content (AvgIpc) is 2.66. The summed E-state index contributed by atoms with van der Waals surface area (Å²) >= 11 is 0. The van der Waals surface area contributed by atoms with E-state index >= 15 is 0 Å². The van der Waals surface area contributed by atoms with Crippen LogP contribution in [0.15, 0.2) is 47.4 Å². The molecule has 1 N–H and O–H groups in total. The maximum atomic E-state index is 12.6. The number of nitrogens with zero attached hydrogens (tertiary/aromatic N) is 3. The predicted octanol–water partition coefficient (Wildman–Crippen LogP) is 2.42. The zero-order valence-corrected chi connectivity index (χ0v) is 17.0. The molecule has 2 amide bonds. The number of rotatable bonds is 5. The van der Waals surface area contributed by atoms with E-state index in [1.165, 1.54) is 15.7 Å². The van der Waals surface area contributed by atoms with Crippen molar-refractivity contribution in [2.45, 2.75) is 27.3 Å². The first kappa shape index (κ1) is 20.3. The van der Waals surface area contributed by atoms with Crippen LogP contribution in [0.4, 0.5) is 5.69 Å². The first-order chi connectivity index (χ1) is 13.8. The Morgan fingerprint density at radius 3 is 2.45 bits per heavy atom. The molecular weight excluding hydrogens is 368 g/mol. The number of carbonyl (C=O) groups excluding carboxylic acids is 2. The topological polar surface area (TPSA) is 84.3 Å². The molecule has 0 aliphatic heterocycles. The summed E-state index contributed by atoms with van der Waals surface area (Å²) < 4.78 is 1.37. The minimum absolute atomic E-state index is 0.108. The summed E-state index contributed by atoms with van der Waals surface area (Å²) in [5, 5.41) is 2.89. The number of nitrogens with one attached hydrogen (secondary N) is 1. The Hall–Kier alpha value is -3.48. The van der Waals surface area contributed by atoms with E-state index in [9.17, 15) is 14.4 Å². The van der Waals surface area contributed by atoms with Crippen molar-refractivity contribution in [1.29, 1.82) is 0 Å². The Morgan fingerprint density at radius 1 is 1.10 bits per heavy atom. The smallest absolute Gasteiger partial charge is 0.269 e. The van der Waals surface area contributed by atoms with Crippen LogP contribution in [0.2, 0.25) is 0 Å². The van der Waals surface area contributed by atoms with Crippen LogP contribution in [0.5, 0.6) is 0 Å². The van der Waals surface area contributed by atoms with E-state index in [4.69, 9.17) is 0 Å². The lowest BCUT2D eigenvalue weighted by Gasteiger charge is -2.19. The first-order valence-corrected chi connectivity index (χ1v) is 9.32. The number of amides is 2. The van der Waals surface area contributed by atoms with Gasteiger partial charge in [0, 0.05) is 12.7 Å². The third kappa shape index (κ3) is 4.51. The molecule has 0 unspecified atom stereocenters. The van der Waals surface area contributed by atoms with E-state index in [-0.39, 0.29) is 30.5 Å². The van der Waals surface area contributed by atoms with Crippen LogP contribution in [-0.2, 0) is 16.1 Å². The van der Waals surface area contributed by atoms with Crippen molar-refractivity contribution in [3.8, 4) is 0 Å². The zero-order chi connectivity index (χ0) is 21.1. The Labute approximate surface area is 169 Å². The molecule has 0 radical (unpaired) electrons. The van der Waals surface area contributed by atoms with E-state index in [1.807, 2.05) is 39.0 Å². The average molecular weight is 392 g/mol. The number of fused-ring (bicyclic) bond motifs is 1. The van der Waals surface area contributed by atoms with Crippen LogP contribution < -0.4 is 10.9 Å². The molecular formula is C22H24N4O3. The van der Waals surface area contributed by atoms with Crippen molar-refractivity contribution in [2.75, 3.05) is 18.9 Å². The van der Waals surface area contributed by atoms with Gasteiger partial charge in [0.15, 0.2) is 0 Å². The highest BCUT2D eigenvalue weighted by atomic mass is 16.2. The highest BCUT2D eigenvalue weighted by molar-refractivity contribution is 5.95. The fourth-order valence-electron chi connectivity index (χ4n) is 3.39. The molecule has 7 nitrogen and oxygen atoms in total. The molecule has 0 aliphatic rings. The standard InChI is InChI=1S/C22H24N4O3/c1-14-9-15(2)22(16(3)10-14)24-19(27)12-25(4)21(29)13-26-18-8-6-5-7-17(18)23-11-20(26)28/h5-11H,12-13H2,1-4H3,(H,24,27). The minimum Gasteiger partial charge on any atom is -0.335 e. The molecule has 29 heavy (non-hydrogen) atoms. The number of hydrogen-bond acceptors (Lipinski definition) is 4. The molecule has 2 aromatic carbocycles. The van der Waals surface area contributed by atoms with Crippen LogP contribution in [0.1, 0.15) is 16.7 Å². The van der Waals surface area contributed by atoms with E-state index in [1.54, 1.807) is 25.2 Å². The molecule has 7 heteroatoms. The highest BCUT2D eigenvalue weighted by Gasteiger charge is 2.17. The van der Waals surface area contributed by atoms with Crippen molar-refractivity contribution >= 4 is 28.5 Å². The molecule has 0 aliphatic carbocycles. The third-order valence-electron chi connectivity index (χ3n) is 4.79. The summed E-state index contributed by atoms with van der Waals surface area (Å²) in [7, 11) is 1.55. The second kappa shape index (κ2) is 8.26. The number of aryl methyl sites for hydroxylation is 3. The summed E-state index contributed by atoms with van der Waals surface area (Å²) in [5.41, 5.74) is 4.68. The monoisotopic (exact) mass is 392 g/mol. The van der Waals surface area contributed by atoms with E-state index < -0.39 is 0 Å². The number of carbonyl (C=O) groups is 2. The van der Waals surface area contributed by atoms with Gasteiger partial charge in [-0.25, -0.2) is 4.98 Å². The van der Waals surface area contributed by atoms with Gasteiger partial charge in [0.1, 0.15) is 6.54 Å². The van der Waals surface area contributed by atoms with Gasteiger partial charge in [-0.15, -0.1) is 0 Å². The van der Waals surface area contributed by atoms with Crippen molar-refractivity contribution < 1.29 is 9.59 Å². The third-order valence-corrected chi connectivity index (χ3v) is 4.79. The number of aromatic nitrogens is 2. The Bertz CT molecular complexity index is 1130. The number of anilines is 1. The molecule has 0 spiro atoms. The summed E-state index contributed by atoms with van der Waals surface area (Å²) in [6.45, 7) is 5.61. The van der Waals surface area contributed by atoms with Gasteiger partial charge in [-0.1, -0.05) is 29.8 Å². The summed E-state index contributed by atoms with van der Waals surface area (Å²) in [5.74, 6) is -0.626. The van der Waals surface area contributed by atoms with Crippen molar-refractivity contribution in [1.82, 2.24) is 14.5 Å². The fraction of sp³-hybridized carbons (Fsp3) is 0.273. The molecule has 0 saturated heterocycles. The van der Waals surface area contributed by atoms with Gasteiger partial charge in [0.25, 0.3) is 5.56 Å². The largest absolute Gasteiger partial charge is 0.335 e. The summed E-state index contributed by atoms with van der Waals surface area (Å²) in [4.78, 5) is 42.7. The lowest BCUT2D eigenvalue weighted by Crippen LogP contribution is -2.38. The highest BCUT2D eigenvalue weighted by Crippen LogP contribution is 2.21. The van der Waals surface area contributed by atoms with Crippen LogP contribution in [-0.4, -0.2) is 39.9 Å². The molecule has 0 atom stereocenters. The van der Waals surface area contributed by atoms with Gasteiger partial charge in [-0.05, 0) is 44.0 Å². The predicted molar refractivity (Wildman–Crippen MR) is 113 cm³/mol. The number of para-hydroxylation sites is 2. The van der Waals surface area contributed by atoms with E-state index in [0.717, 1.165) is 22.4 Å². The number of likely N-dealkylation sites (N-methyl/N-ethyl adjacent to an activating group) is 1. The molecule has 0 saturated carbocycles. The number of hydrogen-bond donors (Lipinski definition) is 1. The molecule has 3 rings (SSSR count). The van der Waals surface area contributed by atoms with Gasteiger partial charge in [0.2, 0.25) is 11.8 Å². The lowest BCUT2D eigenvalue weighted by atomic mass is 10.1. The van der Waals surface area contributed by atoms with Crippen LogP contribution >= 0.6 is 0 Å². The first-order valence-electron chi connectivity index (χ1n) is 9.32. The Kier molecular flexibility index (Phi) is 5.77. The van der Waals surface area contributed by atoms with Crippen LogP contribution in [0.3, 0.4) is 0 Å². The van der Waals surface area contributed by atoms with Crippen molar-refractivity contribution in [3.05, 3.63) is 69.6 Å². The van der Waals surface area contributed by atoms with E-state index in [2.05, 4.69) is 10.3 Å². The van der Waals surface area contributed by atoms with Crippen LogP contribution in [0.25, 0.3) is 11.0 Å². The van der Waals surface area contributed by atoms with Crippen molar-refractivity contribution in [3.63, 3.8) is 0 Å². The molecule has 0 fully saturated rings. The number of benzene rings is 2. The molecule has 150 valence electrons. The maximum Gasteiger partial charge on any atom is 0.269 e. The molecule has 1 heterocycles. The van der Waals surface area contributed by atoms with Gasteiger partial charge in [-0.3, -0.25) is 19.0 Å². The second-order valence-corrected chi connectivity index (χ2v) is 7.24. The Balaban J connectivity index is 1.71. The second-order valence-electron chi connectivity index (χ2n) is 7.24. The molecule has 0 bridgehead atoms. The quantitative estimate of drug-likeness (QED) is 0.723. The van der Waals surface area contributed by atoms with Gasteiger partial charge in [0.05, 0.1) is 23.8 Å². The van der Waals surface area contributed by atoms with E-state index in [0.29, 0.717) is 11.0 Å². The Morgan fingerprint density at radius 2 is 1.76 bits per heavy atom. The summed E-state index contributed by atoms with van der Waals surface area (Å²) in [6.07, 6.45) is 1.20. The van der Waals surface area contributed by atoms with Crippen molar-refractivity contribution in [2.24, 2.45) is 0 Å². The normalized spacial score (nSPS) is 10.8. The fourth-order valence-corrected chi connectivity index (χ4v) is 3.39. The molecule has 1 aromatic heterocycles. The SMILES string of the molecule is Cc1cc(C)c(NC(=O)CN(C)C(=O)Cn2c(=O)cnc3ccccc32)c(C)c1. The maximum absolute atomic E-state index is 12.6. The zero-order valence-electron chi connectivity index (χ0n) is 17.0. The lowest BCUT2D eigenvalue weighted by molar-refractivity contribution is -0.133. The van der Waals surface area contributed by atoms with Crippen LogP contribution in [0, 0.1) is 20.8 Å². The molecule has 3 aromatic rings. The van der Waals surface area contributed by atoms with Gasteiger partial charge >= 0.3 is 0 Å².